The molecule has 0 spiro atoms. The highest BCUT2D eigenvalue weighted by molar-refractivity contribution is 6.08. The monoisotopic (exact) mass is 629 g/mol. The fraction of sp³-hybridized carbons (Fsp3) is 0.412. The number of rotatable bonds is 6. The molecule has 0 aromatic heterocycles. The number of aliphatic carboxylic acids is 1. The number of hydrogen-bond donors (Lipinski definition) is 1. The van der Waals surface area contributed by atoms with Crippen LogP contribution >= 0.6 is 0 Å². The smallest absolute Gasteiger partial charge is 0.419 e. The molecule has 1 atom stereocenters. The Balaban J connectivity index is 1.74. The molecule has 1 amide bonds. The predicted molar refractivity (Wildman–Crippen MR) is 160 cm³/mol. The normalized spacial score (nSPS) is 15.3. The molecule has 3 aromatic carbocycles. The van der Waals surface area contributed by atoms with Gasteiger partial charge < -0.3 is 24.2 Å². The average molecular weight is 630 g/mol. The molecule has 11 heteroatoms. The van der Waals surface area contributed by atoms with Crippen LogP contribution in [0.2, 0.25) is 0 Å². The number of alkyl halides is 3. The third kappa shape index (κ3) is 5.97. The summed E-state index contributed by atoms with van der Waals surface area (Å²) < 4.78 is 73.5. The van der Waals surface area contributed by atoms with E-state index < -0.39 is 46.9 Å². The molecule has 1 N–H and O–H groups in total. The van der Waals surface area contributed by atoms with E-state index >= 15 is 4.39 Å². The Morgan fingerprint density at radius 1 is 1.04 bits per heavy atom. The lowest BCUT2D eigenvalue weighted by atomic mass is 9.83. The number of aryl methyl sites for hydroxylation is 1. The van der Waals surface area contributed by atoms with Crippen LogP contribution < -0.4 is 14.4 Å². The van der Waals surface area contributed by atoms with E-state index in [2.05, 4.69) is 0 Å². The topological polar surface area (TPSA) is 85.3 Å². The second kappa shape index (κ2) is 11.7. The summed E-state index contributed by atoms with van der Waals surface area (Å²) in [6, 6.07) is 6.13. The molecule has 2 aliphatic rings. The molecule has 0 fully saturated rings. The Labute approximate surface area is 258 Å². The molecule has 0 radical (unpaired) electrons. The summed E-state index contributed by atoms with van der Waals surface area (Å²) in [4.78, 5) is 27.9. The summed E-state index contributed by atoms with van der Waals surface area (Å²) in [5.74, 6) is -2.72. The van der Waals surface area contributed by atoms with Gasteiger partial charge >= 0.3 is 12.1 Å². The van der Waals surface area contributed by atoms with Gasteiger partial charge in [0, 0.05) is 28.9 Å². The van der Waals surface area contributed by atoms with Gasteiger partial charge in [0.2, 0.25) is 0 Å². The van der Waals surface area contributed by atoms with Gasteiger partial charge in [0.1, 0.15) is 5.75 Å². The van der Waals surface area contributed by atoms with Crippen molar-refractivity contribution in [3.8, 4) is 22.6 Å². The van der Waals surface area contributed by atoms with Crippen molar-refractivity contribution in [2.45, 2.75) is 71.8 Å². The maximum atomic E-state index is 15.6. The highest BCUT2D eigenvalue weighted by atomic mass is 19.4. The van der Waals surface area contributed by atoms with Gasteiger partial charge in [0.05, 0.1) is 24.9 Å². The highest BCUT2D eigenvalue weighted by Crippen LogP contribution is 2.48. The van der Waals surface area contributed by atoms with Crippen molar-refractivity contribution >= 4 is 17.6 Å². The summed E-state index contributed by atoms with van der Waals surface area (Å²) >= 11 is 0. The van der Waals surface area contributed by atoms with Gasteiger partial charge in [-0.1, -0.05) is 0 Å². The first-order valence-electron chi connectivity index (χ1n) is 14.6. The van der Waals surface area contributed by atoms with Crippen LogP contribution in [0.1, 0.15) is 77.0 Å². The van der Waals surface area contributed by atoms with Crippen molar-refractivity contribution in [2.24, 2.45) is 0 Å². The Kier molecular flexibility index (Phi) is 8.37. The molecule has 0 saturated carbocycles. The number of carboxylic acids is 1. The number of hydrogen-bond acceptors (Lipinski definition) is 5. The zero-order valence-electron chi connectivity index (χ0n) is 25.9. The lowest BCUT2D eigenvalue weighted by Gasteiger charge is -2.30. The summed E-state index contributed by atoms with van der Waals surface area (Å²) in [7, 11) is 1.12. The first kappa shape index (κ1) is 32.3. The number of halogens is 4. The molecule has 45 heavy (non-hydrogen) atoms. The number of methoxy groups -OCH3 is 1. The third-order valence-electron chi connectivity index (χ3n) is 8.20. The van der Waals surface area contributed by atoms with Gasteiger partial charge in [-0.15, -0.1) is 0 Å². The van der Waals surface area contributed by atoms with Crippen LogP contribution in [0.15, 0.2) is 30.3 Å². The van der Waals surface area contributed by atoms with Crippen LogP contribution in [0.4, 0.5) is 23.2 Å². The van der Waals surface area contributed by atoms with Crippen LogP contribution in [0.25, 0.3) is 11.1 Å². The maximum Gasteiger partial charge on any atom is 0.419 e. The van der Waals surface area contributed by atoms with Crippen LogP contribution in [-0.4, -0.2) is 42.8 Å². The third-order valence-corrected chi connectivity index (χ3v) is 8.20. The molecule has 240 valence electrons. The van der Waals surface area contributed by atoms with Gasteiger partial charge in [-0.25, -0.2) is 9.18 Å². The number of ether oxygens (including phenoxy) is 3. The van der Waals surface area contributed by atoms with Crippen molar-refractivity contribution in [3.05, 3.63) is 75.1 Å². The Morgan fingerprint density at radius 3 is 2.38 bits per heavy atom. The van der Waals surface area contributed by atoms with Gasteiger partial charge in [-0.3, -0.25) is 4.79 Å². The average Bonchev–Trinajstić information content (AvgIpc) is 3.39. The molecule has 0 aliphatic carbocycles. The largest absolute Gasteiger partial charge is 0.496 e. The second-order valence-electron chi connectivity index (χ2n) is 12.3. The summed E-state index contributed by atoms with van der Waals surface area (Å²) in [5.41, 5.74) is 1.96. The molecule has 3 aromatic rings. The lowest BCUT2D eigenvalue weighted by molar-refractivity contribution is -0.160. The fourth-order valence-electron chi connectivity index (χ4n) is 6.27. The van der Waals surface area contributed by atoms with E-state index in [-0.39, 0.29) is 24.3 Å². The minimum absolute atomic E-state index is 0.116. The highest BCUT2D eigenvalue weighted by Gasteiger charge is 2.39. The number of nitrogens with zero attached hydrogens (tertiary/aromatic N) is 1. The fourth-order valence-corrected chi connectivity index (χ4v) is 6.27. The standard InChI is InChI=1S/C34H35F4NO6/c1-17-14-25-21(11-12-39(25)31(40)19-9-10-26(43-6)23(15-19)34(36,37)38)28(27(17)30(32(41)42)45-33(3,4)5)22-16-24(35)29-20(18(22)2)8-7-13-44-29/h9-10,14-16,30H,7-8,11-13H2,1-6H3,(H,41,42). The molecular weight excluding hydrogens is 594 g/mol. The summed E-state index contributed by atoms with van der Waals surface area (Å²) in [5, 5.41) is 10.4. The van der Waals surface area contributed by atoms with E-state index in [9.17, 15) is 27.9 Å². The molecule has 2 heterocycles. The summed E-state index contributed by atoms with van der Waals surface area (Å²) in [6.45, 7) is 9.21. The van der Waals surface area contributed by atoms with Gasteiger partial charge in [0.25, 0.3) is 5.91 Å². The van der Waals surface area contributed by atoms with E-state index in [0.29, 0.717) is 58.5 Å². The van der Waals surface area contributed by atoms with E-state index in [1.165, 1.54) is 17.0 Å². The summed E-state index contributed by atoms with van der Waals surface area (Å²) in [6.07, 6.45) is -4.67. The molecule has 0 bridgehead atoms. The van der Waals surface area contributed by atoms with Crippen LogP contribution in [0.5, 0.6) is 11.5 Å². The van der Waals surface area contributed by atoms with Crippen LogP contribution in [0.3, 0.4) is 0 Å². The number of fused-ring (bicyclic) bond motifs is 2. The SMILES string of the molecule is COc1ccc(C(=O)N2CCc3c2cc(C)c(C(OC(C)(C)C)C(=O)O)c3-c2cc(F)c3c(c2C)CCCO3)cc1C(F)(F)F. The molecule has 7 nitrogen and oxygen atoms in total. The zero-order valence-corrected chi connectivity index (χ0v) is 25.9. The van der Waals surface area contributed by atoms with Crippen molar-refractivity contribution in [3.63, 3.8) is 0 Å². The number of amides is 1. The molecular formula is C34H35F4NO6. The number of carbonyl (C=O) groups excluding carboxylic acids is 1. The first-order valence-corrected chi connectivity index (χ1v) is 14.6. The quantitative estimate of drug-likeness (QED) is 0.283. The van der Waals surface area contributed by atoms with Crippen LogP contribution in [-0.2, 0) is 28.5 Å². The first-order chi connectivity index (χ1) is 21.0. The van der Waals surface area contributed by atoms with Crippen molar-refractivity contribution in [1.29, 1.82) is 0 Å². The molecule has 5 rings (SSSR count). The lowest BCUT2D eigenvalue weighted by Crippen LogP contribution is -2.30. The van der Waals surface area contributed by atoms with Crippen molar-refractivity contribution < 1.29 is 46.5 Å². The number of anilines is 1. The van der Waals surface area contributed by atoms with Crippen molar-refractivity contribution in [2.75, 3.05) is 25.2 Å². The van der Waals surface area contributed by atoms with E-state index in [1.54, 1.807) is 33.8 Å². The second-order valence-corrected chi connectivity index (χ2v) is 12.3. The van der Waals surface area contributed by atoms with Gasteiger partial charge in [-0.05, 0) is 112 Å². The van der Waals surface area contributed by atoms with Gasteiger partial charge in [0.15, 0.2) is 17.7 Å². The Bertz CT molecular complexity index is 1690. The Hall–Kier alpha value is -4.12. The van der Waals surface area contributed by atoms with E-state index in [4.69, 9.17) is 14.2 Å². The van der Waals surface area contributed by atoms with Crippen LogP contribution in [0, 0.1) is 19.7 Å². The molecule has 1 unspecified atom stereocenters. The number of carboxylic acid groups (broad SMARTS) is 1. The maximum absolute atomic E-state index is 15.6. The predicted octanol–water partition coefficient (Wildman–Crippen LogP) is 7.61. The van der Waals surface area contributed by atoms with Crippen molar-refractivity contribution in [1.82, 2.24) is 0 Å². The molecule has 0 saturated heterocycles. The minimum atomic E-state index is -4.75. The zero-order chi connectivity index (χ0) is 33.0. The van der Waals surface area contributed by atoms with Gasteiger partial charge in [-0.2, -0.15) is 13.2 Å². The number of benzene rings is 3. The van der Waals surface area contributed by atoms with E-state index in [1.807, 2.05) is 6.92 Å². The minimum Gasteiger partial charge on any atom is -0.496 e. The van der Waals surface area contributed by atoms with E-state index in [0.717, 1.165) is 24.8 Å². The number of carbonyl (C=O) groups is 2. The molecule has 2 aliphatic heterocycles. The Morgan fingerprint density at radius 2 is 1.76 bits per heavy atom.